The van der Waals surface area contributed by atoms with E-state index in [9.17, 15) is 24.8 Å². The van der Waals surface area contributed by atoms with Crippen LogP contribution < -0.4 is 30.2 Å². The van der Waals surface area contributed by atoms with Crippen molar-refractivity contribution in [2.75, 3.05) is 72.0 Å². The molecule has 0 bridgehead atoms. The van der Waals surface area contributed by atoms with Gasteiger partial charge in [-0.2, -0.15) is 5.26 Å². The second-order valence-corrected chi connectivity index (χ2v) is 22.8. The van der Waals surface area contributed by atoms with Crippen molar-refractivity contribution in [1.29, 1.82) is 5.26 Å². The number of β-amino-alcohol motifs (C(OH)–C–C–N with tert-alkyl or cyclic N) is 1. The van der Waals surface area contributed by atoms with Crippen LogP contribution >= 0.6 is 34.5 Å². The quantitative estimate of drug-likeness (QED) is 0.0383. The molecule has 2 fully saturated rings. The van der Waals surface area contributed by atoms with Gasteiger partial charge in [0.1, 0.15) is 17.9 Å². The molecule has 414 valence electrons. The summed E-state index contributed by atoms with van der Waals surface area (Å²) in [5, 5.41) is 31.7. The Kier molecular flexibility index (Phi) is 21.6. The number of rotatable bonds is 26. The number of ether oxygens (including phenoxy) is 3. The number of aromatic nitrogens is 2. The highest BCUT2D eigenvalue weighted by molar-refractivity contribution is 7.13. The predicted molar refractivity (Wildman–Crippen MR) is 305 cm³/mol. The van der Waals surface area contributed by atoms with Gasteiger partial charge in [-0.3, -0.25) is 24.3 Å². The topological polar surface area (TPSA) is 195 Å². The van der Waals surface area contributed by atoms with Crippen LogP contribution in [-0.2, 0) is 20.9 Å². The van der Waals surface area contributed by atoms with E-state index in [0.29, 0.717) is 81.3 Å². The number of hydrogen-bond donors (Lipinski definition) is 4. The highest BCUT2D eigenvalue weighted by Crippen LogP contribution is 2.41. The smallest absolute Gasteiger partial charge is 0.243 e. The molecule has 5 aromatic rings. The van der Waals surface area contributed by atoms with Gasteiger partial charge in [-0.1, -0.05) is 107 Å². The minimum Gasteiger partial charge on any atom is -0.495 e. The van der Waals surface area contributed by atoms with E-state index in [1.807, 2.05) is 68.4 Å². The van der Waals surface area contributed by atoms with E-state index < -0.39 is 23.6 Å². The Labute approximate surface area is 467 Å². The Morgan fingerprint density at radius 1 is 0.883 bits per heavy atom. The molecule has 1 unspecified atom stereocenters. The lowest BCUT2D eigenvalue weighted by molar-refractivity contribution is -0.142. The maximum Gasteiger partial charge on any atom is 0.243 e. The number of nitrogens with zero attached hydrogens (tertiary/aromatic N) is 6. The minimum absolute atomic E-state index is 0.139. The van der Waals surface area contributed by atoms with Crippen LogP contribution in [0.2, 0.25) is 10.0 Å². The average molecular weight is 1110 g/mol. The van der Waals surface area contributed by atoms with Crippen molar-refractivity contribution in [2.24, 2.45) is 5.41 Å². The van der Waals surface area contributed by atoms with Crippen LogP contribution in [0.4, 0.5) is 11.4 Å². The predicted octanol–water partition coefficient (Wildman–Crippen LogP) is 10.3. The molecular weight excluding hydrogens is 1040 g/mol. The minimum atomic E-state index is -0.752. The van der Waals surface area contributed by atoms with E-state index in [0.717, 1.165) is 112 Å². The SMILES string of the molecule is COc1cc(Nc2c(C#N)cnc3cc(OCCCN4CCN(C(=O)CCCCCCCCCCNC(C(=O)N5C[C@H](O)C[C@H]5C(=O)NCc5ccc(-c6scnc6C)cc5)C(C)(C)C)CC4)c(OC)cc23)c(Cl)cc1Cl. The summed E-state index contributed by atoms with van der Waals surface area (Å²) in [6.07, 6.45) is 10.8. The van der Waals surface area contributed by atoms with Gasteiger partial charge in [0.25, 0.3) is 0 Å². The van der Waals surface area contributed by atoms with Gasteiger partial charge >= 0.3 is 0 Å². The molecular formula is C58H75Cl2N9O7S. The Hall–Kier alpha value is -5.74. The Bertz CT molecular complexity index is 2830. The molecule has 7 rings (SSSR count). The molecule has 3 amide bonds. The molecule has 0 spiro atoms. The highest BCUT2D eigenvalue weighted by atomic mass is 35.5. The van der Waals surface area contributed by atoms with Crippen molar-refractivity contribution in [3.63, 3.8) is 0 Å². The van der Waals surface area contributed by atoms with E-state index in [4.69, 9.17) is 37.4 Å². The first-order valence-electron chi connectivity index (χ1n) is 26.9. The number of aliphatic hydroxyl groups is 1. The van der Waals surface area contributed by atoms with E-state index in [1.54, 1.807) is 41.5 Å². The van der Waals surface area contributed by atoms with Gasteiger partial charge in [-0.25, -0.2) is 4.98 Å². The number of carbonyl (C=O) groups is 3. The number of anilines is 2. The second kappa shape index (κ2) is 28.2. The number of amides is 3. The lowest BCUT2D eigenvalue weighted by Gasteiger charge is -2.35. The van der Waals surface area contributed by atoms with Crippen molar-refractivity contribution in [3.8, 4) is 33.8 Å². The number of nitrogens with one attached hydrogen (secondary N) is 3. The molecule has 2 aromatic heterocycles. The number of piperazine rings is 1. The number of benzene rings is 3. The maximum atomic E-state index is 14.1. The molecule has 2 aliphatic heterocycles. The number of carbonyl (C=O) groups excluding carboxylic acids is 3. The van der Waals surface area contributed by atoms with Crippen LogP contribution in [0.1, 0.15) is 108 Å². The van der Waals surface area contributed by atoms with Gasteiger partial charge in [0.2, 0.25) is 17.7 Å². The highest BCUT2D eigenvalue weighted by Gasteiger charge is 2.43. The summed E-state index contributed by atoms with van der Waals surface area (Å²) in [5.41, 5.74) is 6.44. The number of aliphatic hydroxyl groups excluding tert-OH is 1. The first kappa shape index (κ1) is 58.9. The number of methoxy groups -OCH3 is 2. The standard InChI is InChI=1S/C58H75Cl2N9O7S/c1-38-54(77-37-65-38)40-19-17-39(18-20-40)34-64-56(72)48-28-42(70)36-69(48)57(73)55(58(2,3)4)62-21-14-12-10-8-7-9-11-13-16-52(71)68-25-23-67(24-26-68)22-15-27-76-51-31-46-43(29-50(51)75-6)53(41(33-61)35-63-46)66-47-32-49(74-5)45(60)30-44(47)59/h17-20,29-32,35,37,42,48,55,62,70H,7-16,21-28,34,36H2,1-6H3,(H,63,66)(H,64,72)/t42-,48+,55?/m1/s1. The third kappa shape index (κ3) is 16.0. The first-order chi connectivity index (χ1) is 37.1. The van der Waals surface area contributed by atoms with Gasteiger partial charge in [-0.05, 0) is 61.4 Å². The fourth-order valence-corrected chi connectivity index (χ4v) is 11.4. The third-order valence-corrected chi connectivity index (χ3v) is 16.0. The molecule has 0 saturated carbocycles. The average Bonchev–Trinajstić information content (AvgIpc) is 4.04. The molecule has 3 aromatic carbocycles. The van der Waals surface area contributed by atoms with Crippen molar-refractivity contribution in [1.82, 2.24) is 35.3 Å². The fourth-order valence-electron chi connectivity index (χ4n) is 10.1. The van der Waals surface area contributed by atoms with Gasteiger partial charge in [0.05, 0.1) is 81.6 Å². The van der Waals surface area contributed by atoms with Gasteiger partial charge in [-0.15, -0.1) is 11.3 Å². The lowest BCUT2D eigenvalue weighted by Crippen LogP contribution is -2.56. The largest absolute Gasteiger partial charge is 0.495 e. The number of aryl methyl sites for hydroxylation is 1. The molecule has 2 aliphatic rings. The van der Waals surface area contributed by atoms with E-state index in [1.165, 1.54) is 13.3 Å². The Morgan fingerprint density at radius 3 is 2.25 bits per heavy atom. The van der Waals surface area contributed by atoms with Crippen molar-refractivity contribution in [2.45, 2.75) is 123 Å². The molecule has 19 heteroatoms. The normalized spacial score (nSPS) is 16.3. The van der Waals surface area contributed by atoms with Crippen molar-refractivity contribution in [3.05, 3.63) is 87.1 Å². The molecule has 3 atom stereocenters. The molecule has 16 nitrogen and oxygen atoms in total. The maximum absolute atomic E-state index is 14.1. The summed E-state index contributed by atoms with van der Waals surface area (Å²) in [6, 6.07) is 15.9. The van der Waals surface area contributed by atoms with Crippen molar-refractivity contribution >= 4 is 74.5 Å². The Morgan fingerprint density at radius 2 is 1.58 bits per heavy atom. The first-order valence-corrected chi connectivity index (χ1v) is 28.5. The summed E-state index contributed by atoms with van der Waals surface area (Å²) in [5.74, 6) is 1.32. The number of likely N-dealkylation sites (tertiary alicyclic amines) is 1. The van der Waals surface area contributed by atoms with Crippen LogP contribution in [0.3, 0.4) is 0 Å². The van der Waals surface area contributed by atoms with Crippen LogP contribution in [0.15, 0.2) is 60.2 Å². The van der Waals surface area contributed by atoms with Crippen LogP contribution in [0.25, 0.3) is 21.3 Å². The summed E-state index contributed by atoms with van der Waals surface area (Å²) >= 11 is 14.4. The van der Waals surface area contributed by atoms with Crippen LogP contribution in [0.5, 0.6) is 17.2 Å². The molecule has 0 radical (unpaired) electrons. The lowest BCUT2D eigenvalue weighted by atomic mass is 9.85. The fraction of sp³-hybridized carbons (Fsp3) is 0.517. The van der Waals surface area contributed by atoms with Gasteiger partial charge in [0.15, 0.2) is 11.5 Å². The van der Waals surface area contributed by atoms with Gasteiger partial charge in [0, 0.05) is 82.4 Å². The molecule has 4 heterocycles. The number of halogens is 2. The number of hydrogen-bond acceptors (Lipinski definition) is 14. The summed E-state index contributed by atoms with van der Waals surface area (Å²) in [4.78, 5) is 56.6. The monoisotopic (exact) mass is 1110 g/mol. The zero-order valence-electron chi connectivity index (χ0n) is 45.4. The Balaban J connectivity index is 0.738. The number of pyridine rings is 1. The van der Waals surface area contributed by atoms with Crippen LogP contribution in [-0.4, -0.2) is 132 Å². The summed E-state index contributed by atoms with van der Waals surface area (Å²) in [6.45, 7) is 13.7. The second-order valence-electron chi connectivity index (χ2n) is 21.1. The summed E-state index contributed by atoms with van der Waals surface area (Å²) in [7, 11) is 3.09. The zero-order chi connectivity index (χ0) is 55.1. The summed E-state index contributed by atoms with van der Waals surface area (Å²) < 4.78 is 17.3. The van der Waals surface area contributed by atoms with E-state index in [-0.39, 0.29) is 30.7 Å². The number of thiazole rings is 1. The molecule has 77 heavy (non-hydrogen) atoms. The van der Waals surface area contributed by atoms with E-state index in [2.05, 4.69) is 36.9 Å². The van der Waals surface area contributed by atoms with Gasteiger partial charge < -0.3 is 45.1 Å². The van der Waals surface area contributed by atoms with Crippen molar-refractivity contribution < 1.29 is 33.7 Å². The van der Waals surface area contributed by atoms with E-state index >= 15 is 0 Å². The molecule has 0 aliphatic carbocycles. The third-order valence-electron chi connectivity index (χ3n) is 14.4. The zero-order valence-corrected chi connectivity index (χ0v) is 47.7. The molecule has 4 N–H and O–H groups in total. The molecule has 2 saturated heterocycles. The number of fused-ring (bicyclic) bond motifs is 1. The van der Waals surface area contributed by atoms with Crippen LogP contribution in [0, 0.1) is 23.7 Å². The number of nitriles is 1. The number of unbranched alkanes of at least 4 members (excludes halogenated alkanes) is 7.